The molecule has 0 aliphatic rings. The van der Waals surface area contributed by atoms with Crippen LogP contribution in [0.25, 0.3) is 0 Å². The van der Waals surface area contributed by atoms with E-state index in [0.717, 1.165) is 0 Å². The van der Waals surface area contributed by atoms with E-state index in [0.29, 0.717) is 32.5 Å². The molecule has 0 spiro atoms. The molecule has 0 amide bonds. The summed E-state index contributed by atoms with van der Waals surface area (Å²) in [5, 5.41) is 1.18. The van der Waals surface area contributed by atoms with Gasteiger partial charge in [0, 0.05) is 32.5 Å². The molecule has 0 radical (unpaired) electrons. The Hall–Kier alpha value is -1.82. The van der Waals surface area contributed by atoms with Gasteiger partial charge in [-0.3, -0.25) is 0 Å². The van der Waals surface area contributed by atoms with Crippen LogP contribution in [0.2, 0.25) is 10.0 Å². The van der Waals surface area contributed by atoms with E-state index in [4.69, 9.17) is 34.7 Å². The average molecular weight is 277 g/mol. The van der Waals surface area contributed by atoms with Gasteiger partial charge in [-0.25, -0.2) is 0 Å². The molecule has 90 valence electrons. The van der Waals surface area contributed by atoms with Gasteiger partial charge in [0.25, 0.3) is 0 Å². The molecule has 2 aromatic rings. The number of benzene rings is 2. The second kappa shape index (κ2) is 5.22. The zero-order valence-corrected chi connectivity index (χ0v) is 10.9. The second-order valence-corrected chi connectivity index (χ2v) is 4.59. The standard InChI is InChI=1S/C14H10Cl2N2/c15-11-3-5-13(17)9(7-11)1-2-10-8-12(16)4-6-14(10)18/h3-8H,17-18H2. The normalized spacial score (nSPS) is 9.67. The van der Waals surface area contributed by atoms with Crippen LogP contribution < -0.4 is 11.5 Å². The zero-order valence-electron chi connectivity index (χ0n) is 9.37. The van der Waals surface area contributed by atoms with Crippen LogP contribution >= 0.6 is 23.2 Å². The maximum absolute atomic E-state index is 5.89. The molecule has 0 saturated heterocycles. The van der Waals surface area contributed by atoms with Gasteiger partial charge in [0.2, 0.25) is 0 Å². The average Bonchev–Trinajstić information content (AvgIpc) is 2.34. The predicted molar refractivity (Wildman–Crippen MR) is 77.7 cm³/mol. The molecule has 4 N–H and O–H groups in total. The molecular formula is C14H10Cl2N2. The third-order valence-corrected chi connectivity index (χ3v) is 2.83. The Bertz CT molecular complexity index is 599. The lowest BCUT2D eigenvalue weighted by Gasteiger charge is -2.00. The fourth-order valence-corrected chi connectivity index (χ4v) is 1.75. The molecule has 2 nitrogen and oxygen atoms in total. The summed E-state index contributed by atoms with van der Waals surface area (Å²) < 4.78 is 0. The molecule has 0 aliphatic heterocycles. The van der Waals surface area contributed by atoms with Gasteiger partial charge >= 0.3 is 0 Å². The third kappa shape index (κ3) is 2.89. The minimum atomic E-state index is 0.576. The van der Waals surface area contributed by atoms with Crippen molar-refractivity contribution in [3.05, 3.63) is 57.6 Å². The molecule has 0 aliphatic carbocycles. The van der Waals surface area contributed by atoms with Gasteiger partial charge in [-0.05, 0) is 36.4 Å². The molecule has 0 heterocycles. The largest absolute Gasteiger partial charge is 0.398 e. The molecular weight excluding hydrogens is 267 g/mol. The first kappa shape index (κ1) is 12.6. The van der Waals surface area contributed by atoms with Crippen LogP contribution in [-0.4, -0.2) is 0 Å². The van der Waals surface area contributed by atoms with Crippen molar-refractivity contribution in [2.45, 2.75) is 0 Å². The molecule has 0 saturated carbocycles. The smallest absolute Gasteiger partial charge is 0.0493 e. The van der Waals surface area contributed by atoms with E-state index in [9.17, 15) is 0 Å². The van der Waals surface area contributed by atoms with Gasteiger partial charge in [0.15, 0.2) is 0 Å². The SMILES string of the molecule is Nc1ccc(Cl)cc1C#Cc1cc(Cl)ccc1N. The lowest BCUT2D eigenvalue weighted by atomic mass is 10.1. The molecule has 18 heavy (non-hydrogen) atoms. The quantitative estimate of drug-likeness (QED) is 0.571. The molecule has 0 atom stereocenters. The van der Waals surface area contributed by atoms with Gasteiger partial charge in [-0.2, -0.15) is 0 Å². The Morgan fingerprint density at radius 3 is 1.50 bits per heavy atom. The van der Waals surface area contributed by atoms with Crippen LogP contribution in [0, 0.1) is 11.8 Å². The predicted octanol–water partition coefficient (Wildman–Crippen LogP) is 3.56. The molecule has 2 aromatic carbocycles. The highest BCUT2D eigenvalue weighted by Gasteiger charge is 1.98. The van der Waals surface area contributed by atoms with Crippen LogP contribution in [0.1, 0.15) is 11.1 Å². The van der Waals surface area contributed by atoms with Crippen LogP contribution in [0.4, 0.5) is 11.4 Å². The molecule has 2 rings (SSSR count). The Balaban J connectivity index is 2.42. The van der Waals surface area contributed by atoms with E-state index in [-0.39, 0.29) is 0 Å². The third-order valence-electron chi connectivity index (χ3n) is 2.36. The van der Waals surface area contributed by atoms with Gasteiger partial charge in [-0.1, -0.05) is 35.0 Å². The number of hydrogen-bond donors (Lipinski definition) is 2. The minimum absolute atomic E-state index is 0.576. The first-order valence-electron chi connectivity index (χ1n) is 5.18. The number of nitrogens with two attached hydrogens (primary N) is 2. The summed E-state index contributed by atoms with van der Waals surface area (Å²) in [6.45, 7) is 0. The lowest BCUT2D eigenvalue weighted by Crippen LogP contribution is -1.91. The maximum atomic E-state index is 5.89. The molecule has 4 heteroatoms. The summed E-state index contributed by atoms with van der Waals surface area (Å²) in [6, 6.07) is 10.3. The number of hydrogen-bond acceptors (Lipinski definition) is 2. The van der Waals surface area contributed by atoms with E-state index in [2.05, 4.69) is 11.8 Å². The Kier molecular flexibility index (Phi) is 3.66. The summed E-state index contributed by atoms with van der Waals surface area (Å²) in [5.41, 5.74) is 14.1. The van der Waals surface area contributed by atoms with Crippen molar-refractivity contribution < 1.29 is 0 Å². The summed E-state index contributed by atoms with van der Waals surface area (Å²) in [6.07, 6.45) is 0. The van der Waals surface area contributed by atoms with Crippen molar-refractivity contribution in [3.8, 4) is 11.8 Å². The number of nitrogen functional groups attached to an aromatic ring is 2. The number of anilines is 2. The van der Waals surface area contributed by atoms with E-state index in [1.165, 1.54) is 0 Å². The van der Waals surface area contributed by atoms with Gasteiger partial charge in [0.1, 0.15) is 0 Å². The Labute approximate surface area is 116 Å². The summed E-state index contributed by atoms with van der Waals surface area (Å²) in [7, 11) is 0. The molecule has 0 fully saturated rings. The van der Waals surface area contributed by atoms with E-state index < -0.39 is 0 Å². The lowest BCUT2D eigenvalue weighted by molar-refractivity contribution is 1.60. The highest BCUT2D eigenvalue weighted by Crippen LogP contribution is 2.19. The van der Waals surface area contributed by atoms with Crippen molar-refractivity contribution in [2.24, 2.45) is 0 Å². The monoisotopic (exact) mass is 276 g/mol. The Morgan fingerprint density at radius 1 is 0.722 bits per heavy atom. The highest BCUT2D eigenvalue weighted by molar-refractivity contribution is 6.31. The molecule has 0 unspecified atom stereocenters. The van der Waals surface area contributed by atoms with Crippen LogP contribution in [-0.2, 0) is 0 Å². The van der Waals surface area contributed by atoms with Crippen LogP contribution in [0.3, 0.4) is 0 Å². The van der Waals surface area contributed by atoms with Crippen molar-refractivity contribution in [3.63, 3.8) is 0 Å². The summed E-state index contributed by atoms with van der Waals surface area (Å²) >= 11 is 11.8. The summed E-state index contributed by atoms with van der Waals surface area (Å²) in [4.78, 5) is 0. The van der Waals surface area contributed by atoms with Gasteiger partial charge in [0.05, 0.1) is 0 Å². The summed E-state index contributed by atoms with van der Waals surface area (Å²) in [5.74, 6) is 5.88. The van der Waals surface area contributed by atoms with Crippen molar-refractivity contribution in [1.29, 1.82) is 0 Å². The van der Waals surface area contributed by atoms with Gasteiger partial charge in [-0.15, -0.1) is 0 Å². The number of halogens is 2. The zero-order chi connectivity index (χ0) is 13.1. The Morgan fingerprint density at radius 2 is 1.11 bits per heavy atom. The maximum Gasteiger partial charge on any atom is 0.0493 e. The van der Waals surface area contributed by atoms with Crippen molar-refractivity contribution >= 4 is 34.6 Å². The van der Waals surface area contributed by atoms with E-state index in [1.54, 1.807) is 36.4 Å². The molecule has 0 bridgehead atoms. The first-order chi connectivity index (χ1) is 8.56. The van der Waals surface area contributed by atoms with Crippen molar-refractivity contribution in [1.82, 2.24) is 0 Å². The van der Waals surface area contributed by atoms with Crippen LogP contribution in [0.15, 0.2) is 36.4 Å². The number of rotatable bonds is 0. The van der Waals surface area contributed by atoms with Crippen molar-refractivity contribution in [2.75, 3.05) is 11.5 Å². The first-order valence-corrected chi connectivity index (χ1v) is 5.94. The molecule has 0 aromatic heterocycles. The second-order valence-electron chi connectivity index (χ2n) is 3.71. The fraction of sp³-hybridized carbons (Fsp3) is 0. The van der Waals surface area contributed by atoms with Crippen LogP contribution in [0.5, 0.6) is 0 Å². The van der Waals surface area contributed by atoms with E-state index >= 15 is 0 Å². The van der Waals surface area contributed by atoms with E-state index in [1.807, 2.05) is 0 Å². The minimum Gasteiger partial charge on any atom is -0.398 e. The fourth-order valence-electron chi connectivity index (χ4n) is 1.41. The highest BCUT2D eigenvalue weighted by atomic mass is 35.5. The topological polar surface area (TPSA) is 52.0 Å². The van der Waals surface area contributed by atoms with Gasteiger partial charge < -0.3 is 11.5 Å².